The Bertz CT molecular complexity index is 976. The van der Waals surface area contributed by atoms with Gasteiger partial charge in [0.2, 0.25) is 0 Å². The fourth-order valence-corrected chi connectivity index (χ4v) is 2.95. The van der Waals surface area contributed by atoms with Crippen LogP contribution < -0.4 is 4.74 Å². The highest BCUT2D eigenvalue weighted by Gasteiger charge is 2.04. The van der Waals surface area contributed by atoms with Gasteiger partial charge in [-0.3, -0.25) is 4.18 Å². The van der Waals surface area contributed by atoms with Crippen LogP contribution in [0.1, 0.15) is 5.56 Å². The molecule has 3 rings (SSSR count). The summed E-state index contributed by atoms with van der Waals surface area (Å²) in [5, 5.41) is 2.19. The first-order valence-electron chi connectivity index (χ1n) is 7.99. The van der Waals surface area contributed by atoms with Crippen molar-refractivity contribution in [3.8, 4) is 16.9 Å². The van der Waals surface area contributed by atoms with Gasteiger partial charge in [-0.05, 0) is 47.0 Å². The summed E-state index contributed by atoms with van der Waals surface area (Å²) >= 11 is 0. The molecule has 0 aromatic heterocycles. The average molecular weight is 356 g/mol. The number of benzene rings is 3. The Morgan fingerprint density at radius 2 is 1.44 bits per heavy atom. The molecule has 0 atom stereocenters. The van der Waals surface area contributed by atoms with Crippen molar-refractivity contribution < 1.29 is 17.3 Å². The molecule has 0 spiro atoms. The molecule has 0 saturated heterocycles. The van der Waals surface area contributed by atoms with Gasteiger partial charge in [-0.15, -0.1) is 0 Å². The molecule has 4 nitrogen and oxygen atoms in total. The Balaban J connectivity index is 1.73. The van der Waals surface area contributed by atoms with Crippen molar-refractivity contribution in [3.63, 3.8) is 0 Å². The molecule has 130 valence electrons. The van der Waals surface area contributed by atoms with Gasteiger partial charge in [0.05, 0.1) is 6.26 Å². The van der Waals surface area contributed by atoms with Gasteiger partial charge < -0.3 is 4.74 Å². The topological polar surface area (TPSA) is 52.6 Å². The van der Waals surface area contributed by atoms with E-state index in [0.29, 0.717) is 5.75 Å². The smallest absolute Gasteiger partial charge is 0.264 e. The van der Waals surface area contributed by atoms with Crippen molar-refractivity contribution in [1.82, 2.24) is 0 Å². The molecule has 0 N–H and O–H groups in total. The fraction of sp³-hybridized carbons (Fsp3) is 0.200. The standard InChI is InChI=1S/C20H20O4S/c1-15-3-5-16(6-4-15)17-7-8-19-14-20(10-9-18(19)13-17)23-11-12-24-25(2,21)22/h3-10,13-14H,11-12H2,1-2H3. The summed E-state index contributed by atoms with van der Waals surface area (Å²) < 4.78 is 32.0. The van der Waals surface area contributed by atoms with Crippen LogP contribution in [0.25, 0.3) is 21.9 Å². The lowest BCUT2D eigenvalue weighted by atomic mass is 10.0. The summed E-state index contributed by atoms with van der Waals surface area (Å²) in [6.45, 7) is 2.26. The van der Waals surface area contributed by atoms with Crippen molar-refractivity contribution >= 4 is 20.9 Å². The Labute approximate surface area is 148 Å². The van der Waals surface area contributed by atoms with Gasteiger partial charge >= 0.3 is 0 Å². The molecular formula is C20H20O4S. The molecular weight excluding hydrogens is 336 g/mol. The molecule has 0 unspecified atom stereocenters. The Morgan fingerprint density at radius 3 is 2.16 bits per heavy atom. The minimum absolute atomic E-state index is 0.00321. The van der Waals surface area contributed by atoms with E-state index in [4.69, 9.17) is 4.74 Å². The Morgan fingerprint density at radius 1 is 0.800 bits per heavy atom. The summed E-state index contributed by atoms with van der Waals surface area (Å²) in [5.41, 5.74) is 3.60. The summed E-state index contributed by atoms with van der Waals surface area (Å²) in [6, 6.07) is 20.6. The summed E-state index contributed by atoms with van der Waals surface area (Å²) in [6.07, 6.45) is 1.02. The molecule has 0 saturated carbocycles. The zero-order valence-corrected chi connectivity index (χ0v) is 15.0. The molecule has 0 aliphatic rings. The van der Waals surface area contributed by atoms with Gasteiger partial charge in [0.15, 0.2) is 0 Å². The van der Waals surface area contributed by atoms with Gasteiger partial charge in [0, 0.05) is 0 Å². The third-order valence-electron chi connectivity index (χ3n) is 3.85. The molecule has 0 radical (unpaired) electrons. The number of fused-ring (bicyclic) bond motifs is 1. The molecule has 3 aromatic carbocycles. The van der Waals surface area contributed by atoms with Crippen molar-refractivity contribution in [2.75, 3.05) is 19.5 Å². The maximum Gasteiger partial charge on any atom is 0.264 e. The second kappa shape index (κ2) is 7.25. The lowest BCUT2D eigenvalue weighted by Gasteiger charge is -2.09. The maximum absolute atomic E-state index is 10.9. The normalized spacial score (nSPS) is 11.6. The highest BCUT2D eigenvalue weighted by Crippen LogP contribution is 2.27. The first-order valence-corrected chi connectivity index (χ1v) is 9.80. The first-order chi connectivity index (χ1) is 11.9. The number of ether oxygens (including phenoxy) is 1. The highest BCUT2D eigenvalue weighted by atomic mass is 32.2. The molecule has 0 amide bonds. The van der Waals surface area contributed by atoms with Gasteiger partial charge in [-0.2, -0.15) is 8.42 Å². The van der Waals surface area contributed by atoms with Gasteiger partial charge in [-0.25, -0.2) is 0 Å². The first kappa shape index (κ1) is 17.5. The van der Waals surface area contributed by atoms with Crippen LogP contribution >= 0.6 is 0 Å². The van der Waals surface area contributed by atoms with E-state index in [1.807, 2.05) is 18.2 Å². The van der Waals surface area contributed by atoms with E-state index in [-0.39, 0.29) is 13.2 Å². The SMILES string of the molecule is Cc1ccc(-c2ccc3cc(OCCOS(C)(=O)=O)ccc3c2)cc1. The summed E-state index contributed by atoms with van der Waals surface area (Å²) in [7, 11) is -3.43. The lowest BCUT2D eigenvalue weighted by molar-refractivity contribution is 0.222. The third kappa shape index (κ3) is 4.81. The van der Waals surface area contributed by atoms with Crippen molar-refractivity contribution in [3.05, 3.63) is 66.2 Å². The molecule has 0 bridgehead atoms. The van der Waals surface area contributed by atoms with E-state index < -0.39 is 10.1 Å². The van der Waals surface area contributed by atoms with Crippen LogP contribution in [0.15, 0.2) is 60.7 Å². The predicted octanol–water partition coefficient (Wildman–Crippen LogP) is 4.17. The van der Waals surface area contributed by atoms with Crippen molar-refractivity contribution in [2.24, 2.45) is 0 Å². The largest absolute Gasteiger partial charge is 0.491 e. The fourth-order valence-electron chi connectivity index (χ4n) is 2.58. The Hall–Kier alpha value is -2.37. The van der Waals surface area contributed by atoms with E-state index in [9.17, 15) is 8.42 Å². The number of rotatable bonds is 6. The van der Waals surface area contributed by atoms with Crippen molar-refractivity contribution in [1.29, 1.82) is 0 Å². The quantitative estimate of drug-likeness (QED) is 0.491. The molecule has 0 fully saturated rings. The molecule has 5 heteroatoms. The molecule has 25 heavy (non-hydrogen) atoms. The third-order valence-corrected chi connectivity index (χ3v) is 4.44. The monoisotopic (exact) mass is 356 g/mol. The van der Waals surface area contributed by atoms with Gasteiger partial charge in [-0.1, -0.05) is 48.0 Å². The van der Waals surface area contributed by atoms with Crippen LogP contribution in [0.2, 0.25) is 0 Å². The van der Waals surface area contributed by atoms with Gasteiger partial charge in [0.25, 0.3) is 10.1 Å². The summed E-state index contributed by atoms with van der Waals surface area (Å²) in [4.78, 5) is 0. The zero-order chi connectivity index (χ0) is 17.9. The van der Waals surface area contributed by atoms with E-state index in [1.54, 1.807) is 0 Å². The highest BCUT2D eigenvalue weighted by molar-refractivity contribution is 7.85. The van der Waals surface area contributed by atoms with E-state index >= 15 is 0 Å². The maximum atomic E-state index is 10.9. The predicted molar refractivity (Wildman–Crippen MR) is 100 cm³/mol. The Kier molecular flexibility index (Phi) is 5.06. The minimum atomic E-state index is -3.43. The zero-order valence-electron chi connectivity index (χ0n) is 14.2. The summed E-state index contributed by atoms with van der Waals surface area (Å²) in [5.74, 6) is 0.688. The van der Waals surface area contributed by atoms with Crippen LogP contribution in [0.5, 0.6) is 5.75 Å². The van der Waals surface area contributed by atoms with Crippen molar-refractivity contribution in [2.45, 2.75) is 6.92 Å². The number of hydrogen-bond acceptors (Lipinski definition) is 4. The second-order valence-corrected chi connectivity index (χ2v) is 7.61. The second-order valence-electron chi connectivity index (χ2n) is 5.96. The lowest BCUT2D eigenvalue weighted by Crippen LogP contribution is -2.11. The van der Waals surface area contributed by atoms with E-state index in [1.165, 1.54) is 16.7 Å². The van der Waals surface area contributed by atoms with Crippen LogP contribution in [0.4, 0.5) is 0 Å². The molecule has 3 aromatic rings. The van der Waals surface area contributed by atoms with Crippen LogP contribution in [0.3, 0.4) is 0 Å². The molecule has 0 aliphatic heterocycles. The van der Waals surface area contributed by atoms with Crippen LogP contribution in [-0.2, 0) is 14.3 Å². The number of aryl methyl sites for hydroxylation is 1. The molecule has 0 heterocycles. The van der Waals surface area contributed by atoms with Crippen LogP contribution in [-0.4, -0.2) is 27.9 Å². The van der Waals surface area contributed by atoms with Gasteiger partial charge in [0.1, 0.15) is 19.0 Å². The van der Waals surface area contributed by atoms with E-state index in [0.717, 1.165) is 17.0 Å². The van der Waals surface area contributed by atoms with E-state index in [2.05, 4.69) is 53.6 Å². The number of hydrogen-bond donors (Lipinski definition) is 0. The average Bonchev–Trinajstić information content (AvgIpc) is 2.58. The molecule has 0 aliphatic carbocycles. The minimum Gasteiger partial charge on any atom is -0.491 e. The van der Waals surface area contributed by atoms with Crippen LogP contribution in [0, 0.1) is 6.92 Å².